The molecule has 2 unspecified atom stereocenters. The van der Waals surface area contributed by atoms with Crippen LogP contribution in [0.5, 0.6) is 0 Å². The summed E-state index contributed by atoms with van der Waals surface area (Å²) in [7, 11) is -0.369. The van der Waals surface area contributed by atoms with Crippen LogP contribution in [0, 0.1) is 0 Å². The number of fused-ring (bicyclic) bond motifs is 6. The number of hydrogen-bond acceptors (Lipinski definition) is 3. The van der Waals surface area contributed by atoms with Gasteiger partial charge < -0.3 is 18.8 Å². The lowest BCUT2D eigenvalue weighted by molar-refractivity contribution is 0.00578. The van der Waals surface area contributed by atoms with E-state index in [-0.39, 0.29) is 30.3 Å². The van der Waals surface area contributed by atoms with E-state index >= 15 is 0 Å². The molecule has 4 nitrogen and oxygen atoms in total. The van der Waals surface area contributed by atoms with Gasteiger partial charge >= 0.3 is 7.12 Å². The third-order valence-corrected chi connectivity index (χ3v) is 10.8. The Morgan fingerprint density at radius 3 is 2.11 bits per heavy atom. The van der Waals surface area contributed by atoms with E-state index in [2.05, 4.69) is 177 Å². The molecule has 0 amide bonds. The Labute approximate surface area is 276 Å². The van der Waals surface area contributed by atoms with Crippen molar-refractivity contribution in [3.63, 3.8) is 0 Å². The van der Waals surface area contributed by atoms with Gasteiger partial charge in [0.1, 0.15) is 0 Å². The summed E-state index contributed by atoms with van der Waals surface area (Å²) < 4.78 is 15.0. The Hall–Kier alpha value is -4.84. The second kappa shape index (κ2) is 10.3. The van der Waals surface area contributed by atoms with Crippen LogP contribution in [-0.2, 0) is 9.31 Å². The molecule has 6 aromatic rings. The van der Waals surface area contributed by atoms with E-state index in [1.54, 1.807) is 0 Å². The Bertz CT molecular complexity index is 2210. The zero-order valence-corrected chi connectivity index (χ0v) is 27.2. The molecule has 3 aliphatic rings. The van der Waals surface area contributed by atoms with Gasteiger partial charge in [0.25, 0.3) is 0 Å². The lowest BCUT2D eigenvalue weighted by Gasteiger charge is -2.32. The maximum absolute atomic E-state index is 6.33. The first-order valence-corrected chi connectivity index (χ1v) is 16.6. The van der Waals surface area contributed by atoms with Gasteiger partial charge in [0, 0.05) is 33.8 Å². The van der Waals surface area contributed by atoms with Crippen LogP contribution in [0.3, 0.4) is 0 Å². The van der Waals surface area contributed by atoms with Crippen molar-refractivity contribution in [3.05, 3.63) is 151 Å². The number of para-hydroxylation sites is 3. The molecule has 47 heavy (non-hydrogen) atoms. The summed E-state index contributed by atoms with van der Waals surface area (Å²) in [6, 6.07) is 44.1. The van der Waals surface area contributed by atoms with Gasteiger partial charge in [0.05, 0.1) is 28.3 Å². The van der Waals surface area contributed by atoms with Gasteiger partial charge in [0.2, 0.25) is 0 Å². The minimum atomic E-state index is -0.369. The molecular weight excluding hydrogens is 575 g/mol. The number of aromatic nitrogens is 1. The Kier molecular flexibility index (Phi) is 6.24. The predicted octanol–water partition coefficient (Wildman–Crippen LogP) is 9.34. The number of hydrogen-bond donors (Lipinski definition) is 0. The minimum Gasteiger partial charge on any atom is -0.399 e. The summed E-state index contributed by atoms with van der Waals surface area (Å²) in [5.74, 6) is 0.246. The van der Waals surface area contributed by atoms with E-state index in [9.17, 15) is 0 Å². The summed E-state index contributed by atoms with van der Waals surface area (Å²) in [5, 5.41) is 2.54. The Balaban J connectivity index is 1.07. The topological polar surface area (TPSA) is 26.6 Å². The Morgan fingerprint density at radius 1 is 0.638 bits per heavy atom. The summed E-state index contributed by atoms with van der Waals surface area (Å²) in [6.45, 7) is 8.39. The van der Waals surface area contributed by atoms with Gasteiger partial charge in [0.15, 0.2) is 0 Å². The van der Waals surface area contributed by atoms with Crippen LogP contribution in [0.25, 0.3) is 33.1 Å². The molecule has 0 N–H and O–H groups in total. The van der Waals surface area contributed by atoms with E-state index in [0.29, 0.717) is 0 Å². The van der Waals surface area contributed by atoms with Crippen molar-refractivity contribution in [1.82, 2.24) is 4.57 Å². The quantitative estimate of drug-likeness (QED) is 0.186. The number of nitrogens with zero attached hydrogens (tertiary/aromatic N) is 2. The van der Waals surface area contributed by atoms with Crippen molar-refractivity contribution in [1.29, 1.82) is 0 Å². The molecule has 0 radical (unpaired) electrons. The zero-order valence-electron chi connectivity index (χ0n) is 27.2. The van der Waals surface area contributed by atoms with Crippen LogP contribution < -0.4 is 10.4 Å². The molecule has 0 saturated carbocycles. The normalized spacial score (nSPS) is 20.9. The lowest BCUT2D eigenvalue weighted by Crippen LogP contribution is -2.41. The molecule has 1 aromatic heterocycles. The van der Waals surface area contributed by atoms with E-state index in [1.807, 2.05) is 0 Å². The van der Waals surface area contributed by atoms with Gasteiger partial charge in [-0.2, -0.15) is 0 Å². The molecule has 5 aromatic carbocycles. The molecule has 1 fully saturated rings. The fourth-order valence-corrected chi connectivity index (χ4v) is 7.62. The van der Waals surface area contributed by atoms with Crippen LogP contribution in [0.4, 0.5) is 11.4 Å². The SMILES string of the molecule is CC1(C)OB(c2ccc(N3c4ccccc4C4C=C(c5ccc6c(c5)c5ccccc5n6-c5ccccc5)C=CC43)cc2)OC1(C)C. The first-order chi connectivity index (χ1) is 22.8. The van der Waals surface area contributed by atoms with Crippen LogP contribution >= 0.6 is 0 Å². The average Bonchev–Trinajstić information content (AvgIpc) is 3.68. The Morgan fingerprint density at radius 2 is 1.32 bits per heavy atom. The minimum absolute atomic E-state index is 0.197. The van der Waals surface area contributed by atoms with Crippen LogP contribution in [-0.4, -0.2) is 28.9 Å². The van der Waals surface area contributed by atoms with Gasteiger partial charge in [-0.25, -0.2) is 0 Å². The summed E-state index contributed by atoms with van der Waals surface area (Å²) in [4.78, 5) is 2.48. The fraction of sp³-hybridized carbons (Fsp3) is 0.190. The maximum atomic E-state index is 6.33. The van der Waals surface area contributed by atoms with Crippen molar-refractivity contribution in [3.8, 4) is 5.69 Å². The molecule has 1 saturated heterocycles. The lowest BCUT2D eigenvalue weighted by atomic mass is 9.79. The first kappa shape index (κ1) is 28.4. The molecule has 1 aliphatic carbocycles. The number of rotatable bonds is 4. The molecular formula is C42H37BN2O2. The standard InChI is InChI=1S/C42H37BN2O2/c1-41(2)42(3,4)47-43(46-41)30-20-22-32(23-21-30)45-38-17-11-9-15-34(38)36-27-29(19-25-40(36)45)28-18-24-39-35(26-28)33-14-8-10-16-37(33)44(39)31-12-6-5-7-13-31/h5-27,36,40H,1-4H3. The molecule has 2 atom stereocenters. The maximum Gasteiger partial charge on any atom is 0.494 e. The van der Waals surface area contributed by atoms with E-state index < -0.39 is 0 Å². The zero-order chi connectivity index (χ0) is 31.9. The average molecular weight is 613 g/mol. The monoisotopic (exact) mass is 612 g/mol. The molecule has 2 aliphatic heterocycles. The second-order valence-electron chi connectivity index (χ2n) is 14.0. The smallest absolute Gasteiger partial charge is 0.399 e. The van der Waals surface area contributed by atoms with E-state index in [0.717, 1.165) is 5.46 Å². The molecule has 0 bridgehead atoms. The second-order valence-corrected chi connectivity index (χ2v) is 14.0. The van der Waals surface area contributed by atoms with Crippen molar-refractivity contribution < 1.29 is 9.31 Å². The van der Waals surface area contributed by atoms with Gasteiger partial charge in [-0.15, -0.1) is 0 Å². The van der Waals surface area contributed by atoms with E-state index in [4.69, 9.17) is 9.31 Å². The molecule has 3 heterocycles. The van der Waals surface area contributed by atoms with Gasteiger partial charge in [-0.05, 0) is 98.4 Å². The summed E-state index contributed by atoms with van der Waals surface area (Å²) >= 11 is 0. The van der Waals surface area contributed by atoms with E-state index in [1.165, 1.54) is 55.6 Å². The first-order valence-electron chi connectivity index (χ1n) is 16.6. The molecule has 0 spiro atoms. The van der Waals surface area contributed by atoms with Crippen molar-refractivity contribution >= 4 is 51.3 Å². The van der Waals surface area contributed by atoms with Crippen LogP contribution in [0.2, 0.25) is 0 Å². The number of benzene rings is 5. The largest absolute Gasteiger partial charge is 0.494 e. The highest BCUT2D eigenvalue weighted by Crippen LogP contribution is 2.49. The third-order valence-electron chi connectivity index (χ3n) is 10.8. The van der Waals surface area contributed by atoms with Crippen molar-refractivity contribution in [2.24, 2.45) is 0 Å². The fourth-order valence-electron chi connectivity index (χ4n) is 7.62. The van der Waals surface area contributed by atoms with Crippen molar-refractivity contribution in [2.75, 3.05) is 4.90 Å². The van der Waals surface area contributed by atoms with Crippen LogP contribution in [0.1, 0.15) is 44.7 Å². The van der Waals surface area contributed by atoms with Gasteiger partial charge in [-0.1, -0.05) is 91.0 Å². The highest BCUT2D eigenvalue weighted by atomic mass is 16.7. The number of allylic oxidation sites excluding steroid dienone is 2. The molecule has 230 valence electrons. The molecule has 5 heteroatoms. The highest BCUT2D eigenvalue weighted by molar-refractivity contribution is 6.62. The number of anilines is 2. The highest BCUT2D eigenvalue weighted by Gasteiger charge is 2.51. The molecule has 9 rings (SSSR count). The summed E-state index contributed by atoms with van der Waals surface area (Å²) in [6.07, 6.45) is 7.18. The summed E-state index contributed by atoms with van der Waals surface area (Å²) in [5.41, 5.74) is 10.2. The third kappa shape index (κ3) is 4.37. The van der Waals surface area contributed by atoms with Crippen LogP contribution in [0.15, 0.2) is 140 Å². The van der Waals surface area contributed by atoms with Crippen molar-refractivity contribution in [2.45, 2.75) is 50.9 Å². The predicted molar refractivity (Wildman–Crippen MR) is 195 cm³/mol. The van der Waals surface area contributed by atoms with Gasteiger partial charge in [-0.3, -0.25) is 0 Å².